The average molecular weight is 504 g/mol. The van der Waals surface area contributed by atoms with Crippen LogP contribution in [0.2, 0.25) is 0 Å². The summed E-state index contributed by atoms with van der Waals surface area (Å²) in [5.41, 5.74) is 1.07. The van der Waals surface area contributed by atoms with Crippen LogP contribution in [0.25, 0.3) is 10.6 Å². The number of amides is 1. The first kappa shape index (κ1) is 24.0. The Morgan fingerprint density at radius 3 is 2.50 bits per heavy atom. The molecule has 0 spiro atoms. The number of piperazine rings is 1. The second-order valence-electron chi connectivity index (χ2n) is 8.00. The van der Waals surface area contributed by atoms with Crippen LogP contribution in [0.15, 0.2) is 51.6 Å². The zero-order chi connectivity index (χ0) is 24.3. The van der Waals surface area contributed by atoms with Crippen molar-refractivity contribution in [3.05, 3.63) is 52.9 Å². The summed E-state index contributed by atoms with van der Waals surface area (Å²) < 4.78 is 28.0. The van der Waals surface area contributed by atoms with E-state index in [-0.39, 0.29) is 22.2 Å². The minimum Gasteiger partial charge on any atom is -0.368 e. The van der Waals surface area contributed by atoms with E-state index in [0.29, 0.717) is 42.6 Å². The van der Waals surface area contributed by atoms with Crippen molar-refractivity contribution in [1.29, 1.82) is 0 Å². The topological polar surface area (TPSA) is 132 Å². The van der Waals surface area contributed by atoms with E-state index in [1.165, 1.54) is 10.4 Å². The summed E-state index contributed by atoms with van der Waals surface area (Å²) >= 11 is 1.12. The highest BCUT2D eigenvalue weighted by Crippen LogP contribution is 2.31. The van der Waals surface area contributed by atoms with Crippen molar-refractivity contribution in [3.8, 4) is 10.6 Å². The molecule has 1 amide bonds. The van der Waals surface area contributed by atoms with Gasteiger partial charge in [0.05, 0.1) is 23.3 Å². The number of carbonyl (C=O) groups is 1. The van der Waals surface area contributed by atoms with Crippen LogP contribution in [-0.2, 0) is 14.8 Å². The number of likely N-dealkylation sites (N-methyl/N-ethyl adjacent to an activating group) is 1. The summed E-state index contributed by atoms with van der Waals surface area (Å²) in [5, 5.41) is 9.07. The molecule has 0 saturated carbocycles. The first-order chi connectivity index (χ1) is 16.2. The number of rotatable bonds is 7. The Kier molecular flexibility index (Phi) is 7.07. The SMILES string of the molecule is CN(C)CC(=O)Nc1ccc(N2CCN(S(=O)(=O)c3ccc(-c4ccc(=O)[nH]n4)s3)CC2)cn1. The summed E-state index contributed by atoms with van der Waals surface area (Å²) in [6, 6.07) is 9.79. The van der Waals surface area contributed by atoms with Crippen LogP contribution < -0.4 is 15.8 Å². The fourth-order valence-corrected chi connectivity index (χ4v) is 6.36. The van der Waals surface area contributed by atoms with Crippen LogP contribution in [0.1, 0.15) is 0 Å². The zero-order valence-corrected chi connectivity index (χ0v) is 20.4. The smallest absolute Gasteiger partial charge is 0.264 e. The van der Waals surface area contributed by atoms with Gasteiger partial charge in [-0.2, -0.15) is 9.40 Å². The third-order valence-electron chi connectivity index (χ3n) is 5.19. The van der Waals surface area contributed by atoms with E-state index >= 15 is 0 Å². The largest absolute Gasteiger partial charge is 0.368 e. The first-order valence-electron chi connectivity index (χ1n) is 10.5. The molecule has 2 N–H and O–H groups in total. The fourth-order valence-electron chi connectivity index (χ4n) is 3.51. The van der Waals surface area contributed by atoms with Crippen molar-refractivity contribution in [2.75, 3.05) is 57.0 Å². The van der Waals surface area contributed by atoms with E-state index in [2.05, 4.69) is 25.4 Å². The number of nitrogens with zero attached hydrogens (tertiary/aromatic N) is 5. The van der Waals surface area contributed by atoms with Gasteiger partial charge in [-0.15, -0.1) is 11.3 Å². The molecule has 0 atom stereocenters. The summed E-state index contributed by atoms with van der Waals surface area (Å²) in [4.78, 5) is 31.9. The number of H-pyrrole nitrogens is 1. The lowest BCUT2D eigenvalue weighted by Crippen LogP contribution is -2.48. The number of pyridine rings is 1. The molecular formula is C21H25N7O4S2. The number of anilines is 2. The van der Waals surface area contributed by atoms with E-state index in [9.17, 15) is 18.0 Å². The van der Waals surface area contributed by atoms with Gasteiger partial charge in [-0.1, -0.05) is 0 Å². The van der Waals surface area contributed by atoms with E-state index in [1.54, 1.807) is 35.4 Å². The Labute approximate surface area is 201 Å². The molecule has 13 heteroatoms. The van der Waals surface area contributed by atoms with E-state index < -0.39 is 10.0 Å². The zero-order valence-electron chi connectivity index (χ0n) is 18.8. The van der Waals surface area contributed by atoms with E-state index in [1.807, 2.05) is 20.2 Å². The van der Waals surface area contributed by atoms with Crippen molar-refractivity contribution < 1.29 is 13.2 Å². The molecule has 0 unspecified atom stereocenters. The molecule has 0 bridgehead atoms. The van der Waals surface area contributed by atoms with Crippen LogP contribution in [0.4, 0.5) is 11.5 Å². The van der Waals surface area contributed by atoms with Gasteiger partial charge in [-0.05, 0) is 44.4 Å². The molecule has 0 aliphatic carbocycles. The lowest BCUT2D eigenvalue weighted by molar-refractivity contribution is -0.116. The highest BCUT2D eigenvalue weighted by molar-refractivity contribution is 7.91. The number of thiophene rings is 1. The Balaban J connectivity index is 1.37. The molecule has 3 aromatic heterocycles. The Morgan fingerprint density at radius 1 is 1.12 bits per heavy atom. The van der Waals surface area contributed by atoms with Gasteiger partial charge in [-0.3, -0.25) is 9.59 Å². The third kappa shape index (κ3) is 5.50. The maximum atomic E-state index is 13.1. The minimum absolute atomic E-state index is 0.142. The first-order valence-corrected chi connectivity index (χ1v) is 12.8. The number of nitrogens with one attached hydrogen (secondary N) is 2. The highest BCUT2D eigenvalue weighted by Gasteiger charge is 2.30. The van der Waals surface area contributed by atoms with Gasteiger partial charge in [0.2, 0.25) is 5.91 Å². The van der Waals surface area contributed by atoms with Crippen LogP contribution in [0.3, 0.4) is 0 Å². The van der Waals surface area contributed by atoms with Crippen LogP contribution in [0, 0.1) is 0 Å². The second-order valence-corrected chi connectivity index (χ2v) is 11.3. The molecule has 34 heavy (non-hydrogen) atoms. The second kappa shape index (κ2) is 10.0. The maximum Gasteiger partial charge on any atom is 0.264 e. The molecule has 180 valence electrons. The molecule has 1 aliphatic rings. The predicted octanol–water partition coefficient (Wildman–Crippen LogP) is 0.904. The van der Waals surface area contributed by atoms with E-state index in [0.717, 1.165) is 17.0 Å². The lowest BCUT2D eigenvalue weighted by atomic mass is 10.3. The molecule has 1 fully saturated rings. The minimum atomic E-state index is -3.63. The number of hydrogen-bond donors (Lipinski definition) is 2. The standard InChI is InChI=1S/C21H25N7O4S2/c1-26(2)14-20(30)23-18-6-3-15(13-22-18)27-9-11-28(12-10-27)34(31,32)21-8-5-17(33-21)16-4-7-19(29)25-24-16/h3-8,13H,9-12,14H2,1-2H3,(H,25,29)(H,22,23,30). The monoisotopic (exact) mass is 503 g/mol. The Morgan fingerprint density at radius 2 is 1.88 bits per heavy atom. The number of aromatic nitrogens is 3. The summed E-state index contributed by atoms with van der Waals surface area (Å²) in [5.74, 6) is 0.333. The highest BCUT2D eigenvalue weighted by atomic mass is 32.2. The van der Waals surface area contributed by atoms with Gasteiger partial charge in [0.15, 0.2) is 0 Å². The maximum absolute atomic E-state index is 13.1. The van der Waals surface area contributed by atoms with Crippen LogP contribution in [0.5, 0.6) is 0 Å². The van der Waals surface area contributed by atoms with Gasteiger partial charge in [0.1, 0.15) is 15.7 Å². The van der Waals surface area contributed by atoms with Crippen molar-refractivity contribution in [3.63, 3.8) is 0 Å². The van der Waals surface area contributed by atoms with Crippen LogP contribution >= 0.6 is 11.3 Å². The number of sulfonamides is 1. The summed E-state index contributed by atoms with van der Waals surface area (Å²) in [6.07, 6.45) is 1.68. The quantitative estimate of drug-likeness (QED) is 0.486. The van der Waals surface area contributed by atoms with E-state index in [4.69, 9.17) is 0 Å². The van der Waals surface area contributed by atoms with Crippen molar-refractivity contribution in [2.24, 2.45) is 0 Å². The Hall–Kier alpha value is -3.13. The molecule has 0 radical (unpaired) electrons. The molecule has 4 heterocycles. The van der Waals surface area contributed by atoms with Gasteiger partial charge in [-0.25, -0.2) is 18.5 Å². The number of carbonyl (C=O) groups excluding carboxylic acids is 1. The summed E-state index contributed by atoms with van der Waals surface area (Å²) in [6.45, 7) is 1.99. The molecule has 1 aliphatic heterocycles. The third-order valence-corrected chi connectivity index (χ3v) is 8.66. The normalized spacial score (nSPS) is 15.0. The van der Waals surface area contributed by atoms with Gasteiger partial charge < -0.3 is 15.1 Å². The van der Waals surface area contributed by atoms with Gasteiger partial charge in [0, 0.05) is 32.2 Å². The summed E-state index contributed by atoms with van der Waals surface area (Å²) in [7, 11) is -0.00207. The van der Waals surface area contributed by atoms with Crippen molar-refractivity contribution >= 4 is 38.8 Å². The lowest BCUT2D eigenvalue weighted by Gasteiger charge is -2.35. The molecular weight excluding hydrogens is 478 g/mol. The Bertz CT molecular complexity index is 1290. The molecule has 0 aromatic carbocycles. The number of aromatic amines is 1. The molecule has 11 nitrogen and oxygen atoms in total. The molecule has 4 rings (SSSR count). The average Bonchev–Trinajstić information content (AvgIpc) is 3.31. The van der Waals surface area contributed by atoms with Crippen molar-refractivity contribution in [2.45, 2.75) is 4.21 Å². The van der Waals surface area contributed by atoms with Crippen molar-refractivity contribution in [1.82, 2.24) is 24.4 Å². The fraction of sp³-hybridized carbons (Fsp3) is 0.333. The van der Waals surface area contributed by atoms with Crippen LogP contribution in [-0.4, -0.2) is 85.5 Å². The van der Waals surface area contributed by atoms with Gasteiger partial charge >= 0.3 is 0 Å². The molecule has 3 aromatic rings. The van der Waals surface area contributed by atoms with Gasteiger partial charge in [0.25, 0.3) is 15.6 Å². The molecule has 1 saturated heterocycles. The predicted molar refractivity (Wildman–Crippen MR) is 131 cm³/mol. The number of hydrogen-bond acceptors (Lipinski definition) is 9.